The number of hydrogen-bond acceptors (Lipinski definition) is 7. The van der Waals surface area contributed by atoms with E-state index in [0.717, 1.165) is 41.6 Å². The van der Waals surface area contributed by atoms with Gasteiger partial charge >= 0.3 is 0 Å². The highest BCUT2D eigenvalue weighted by atomic mass is 35.5. The maximum atomic E-state index is 13.0. The molecule has 3 heterocycles. The molecule has 2 aromatic carbocycles. The average Bonchev–Trinajstić information content (AvgIpc) is 3.53. The van der Waals surface area contributed by atoms with Crippen LogP contribution >= 0.6 is 23.7 Å². The minimum atomic E-state index is 0. The van der Waals surface area contributed by atoms with Crippen molar-refractivity contribution in [3.8, 4) is 16.3 Å². The third-order valence-electron chi connectivity index (χ3n) is 5.32. The summed E-state index contributed by atoms with van der Waals surface area (Å²) in [7, 11) is 0. The van der Waals surface area contributed by atoms with Gasteiger partial charge in [0, 0.05) is 49.2 Å². The molecule has 4 aromatic rings. The number of benzene rings is 2. The highest BCUT2D eigenvalue weighted by Crippen LogP contribution is 2.24. The van der Waals surface area contributed by atoms with Crippen molar-refractivity contribution < 1.29 is 4.79 Å². The number of aromatic nitrogens is 5. The maximum absolute atomic E-state index is 13.0. The van der Waals surface area contributed by atoms with E-state index >= 15 is 0 Å². The first kappa shape index (κ1) is 22.1. The monoisotopic (exact) mass is 467 g/mol. The molecule has 0 aliphatic carbocycles. The largest absolute Gasteiger partial charge is 0.336 e. The maximum Gasteiger partial charge on any atom is 0.254 e. The van der Waals surface area contributed by atoms with Crippen LogP contribution in [0.25, 0.3) is 16.3 Å². The number of amides is 1. The molecule has 5 rings (SSSR count). The number of halogens is 1. The summed E-state index contributed by atoms with van der Waals surface area (Å²) in [6, 6.07) is 17.6. The summed E-state index contributed by atoms with van der Waals surface area (Å²) in [4.78, 5) is 22.0. The lowest BCUT2D eigenvalue weighted by molar-refractivity contribution is 0.0627. The van der Waals surface area contributed by atoms with Crippen LogP contribution in [0.2, 0.25) is 0 Å². The van der Waals surface area contributed by atoms with E-state index in [2.05, 4.69) is 37.9 Å². The van der Waals surface area contributed by atoms with Crippen LogP contribution < -0.4 is 0 Å². The molecule has 164 valence electrons. The highest BCUT2D eigenvalue weighted by molar-refractivity contribution is 7.13. The molecule has 1 fully saturated rings. The van der Waals surface area contributed by atoms with E-state index in [0.29, 0.717) is 18.7 Å². The zero-order valence-corrected chi connectivity index (χ0v) is 18.9. The molecule has 0 radical (unpaired) electrons. The van der Waals surface area contributed by atoms with Gasteiger partial charge in [0.1, 0.15) is 11.3 Å². The molecule has 10 heteroatoms. The summed E-state index contributed by atoms with van der Waals surface area (Å²) < 4.78 is 1.55. The van der Waals surface area contributed by atoms with Gasteiger partial charge in [0.15, 0.2) is 0 Å². The van der Waals surface area contributed by atoms with Crippen LogP contribution in [0.1, 0.15) is 16.1 Å². The molecular formula is C22H22ClN7OS. The normalized spacial score (nSPS) is 14.2. The molecule has 0 atom stereocenters. The molecular weight excluding hydrogens is 446 g/mol. The van der Waals surface area contributed by atoms with E-state index in [4.69, 9.17) is 4.98 Å². The Kier molecular flexibility index (Phi) is 6.89. The first-order chi connectivity index (χ1) is 15.3. The number of hydrogen-bond donors (Lipinski definition) is 0. The molecule has 1 aliphatic heterocycles. The number of piperazine rings is 1. The van der Waals surface area contributed by atoms with Gasteiger partial charge in [0.25, 0.3) is 5.91 Å². The molecule has 1 saturated heterocycles. The molecule has 1 amide bonds. The molecule has 32 heavy (non-hydrogen) atoms. The van der Waals surface area contributed by atoms with Crippen molar-refractivity contribution in [2.24, 2.45) is 0 Å². The lowest BCUT2D eigenvalue weighted by atomic mass is 10.1. The Morgan fingerprint density at radius 3 is 2.56 bits per heavy atom. The standard InChI is InChI=1S/C22H21N7OS.ClH/c30-22(18-7-4-8-20(13-18)29-16-23-25-26-29)28-11-9-27(10-12-28)14-19-15-31-21(24-19)17-5-2-1-3-6-17;/h1-8,13,15-16H,9-12,14H2;1H. The smallest absolute Gasteiger partial charge is 0.254 e. The number of tetrazole rings is 1. The van der Waals surface area contributed by atoms with Crippen molar-refractivity contribution in [2.75, 3.05) is 26.2 Å². The first-order valence-electron chi connectivity index (χ1n) is 10.1. The van der Waals surface area contributed by atoms with Gasteiger partial charge in [0.05, 0.1) is 11.4 Å². The zero-order chi connectivity index (χ0) is 21.0. The lowest BCUT2D eigenvalue weighted by Crippen LogP contribution is -2.48. The zero-order valence-electron chi connectivity index (χ0n) is 17.2. The summed E-state index contributed by atoms with van der Waals surface area (Å²) >= 11 is 1.68. The van der Waals surface area contributed by atoms with Crippen molar-refractivity contribution in [1.29, 1.82) is 0 Å². The Morgan fingerprint density at radius 1 is 1.00 bits per heavy atom. The molecule has 0 N–H and O–H groups in total. The molecule has 0 spiro atoms. The van der Waals surface area contributed by atoms with E-state index in [1.165, 1.54) is 6.33 Å². The van der Waals surface area contributed by atoms with Gasteiger partial charge < -0.3 is 4.90 Å². The van der Waals surface area contributed by atoms with Crippen molar-refractivity contribution in [3.05, 3.63) is 77.6 Å². The number of carbonyl (C=O) groups is 1. The SMILES string of the molecule is Cl.O=C(c1cccc(-n2cnnn2)c1)N1CCN(Cc2csc(-c3ccccc3)n2)CC1. The number of carbonyl (C=O) groups excluding carboxylic acids is 1. The fourth-order valence-corrected chi connectivity index (χ4v) is 4.49. The Labute approximate surface area is 195 Å². The van der Waals surface area contributed by atoms with E-state index < -0.39 is 0 Å². The van der Waals surface area contributed by atoms with E-state index in [-0.39, 0.29) is 18.3 Å². The fraction of sp³-hybridized carbons (Fsp3) is 0.227. The summed E-state index contributed by atoms with van der Waals surface area (Å²) in [5.74, 6) is 0.0367. The Hall–Kier alpha value is -3.14. The van der Waals surface area contributed by atoms with Crippen LogP contribution in [-0.4, -0.2) is 67.1 Å². The van der Waals surface area contributed by atoms with Gasteiger partial charge in [-0.25, -0.2) is 9.67 Å². The predicted molar refractivity (Wildman–Crippen MR) is 125 cm³/mol. The second kappa shape index (κ2) is 9.99. The van der Waals surface area contributed by atoms with Crippen molar-refractivity contribution >= 4 is 29.7 Å². The fourth-order valence-electron chi connectivity index (χ4n) is 3.67. The topological polar surface area (TPSA) is 80.0 Å². The summed E-state index contributed by atoms with van der Waals surface area (Å²) in [6.45, 7) is 3.86. The molecule has 0 saturated carbocycles. The molecule has 1 aliphatic rings. The third kappa shape index (κ3) is 4.85. The van der Waals surface area contributed by atoms with Gasteiger partial charge in [-0.1, -0.05) is 36.4 Å². The van der Waals surface area contributed by atoms with Crippen molar-refractivity contribution in [3.63, 3.8) is 0 Å². The van der Waals surface area contributed by atoms with E-state index in [1.807, 2.05) is 47.4 Å². The Balaban J connectivity index is 0.00000245. The van der Waals surface area contributed by atoms with Crippen LogP contribution in [0, 0.1) is 0 Å². The van der Waals surface area contributed by atoms with Crippen molar-refractivity contribution in [2.45, 2.75) is 6.54 Å². The van der Waals surface area contributed by atoms with Crippen LogP contribution in [-0.2, 0) is 6.54 Å². The number of thiazole rings is 1. The molecule has 2 aromatic heterocycles. The summed E-state index contributed by atoms with van der Waals surface area (Å²) in [5, 5.41) is 14.4. The third-order valence-corrected chi connectivity index (χ3v) is 6.26. The minimum Gasteiger partial charge on any atom is -0.336 e. The van der Waals surface area contributed by atoms with E-state index in [1.54, 1.807) is 16.0 Å². The summed E-state index contributed by atoms with van der Waals surface area (Å²) in [5.41, 5.74) is 3.65. The van der Waals surface area contributed by atoms with Crippen molar-refractivity contribution in [1.82, 2.24) is 35.0 Å². The second-order valence-corrected chi connectivity index (χ2v) is 8.24. The summed E-state index contributed by atoms with van der Waals surface area (Å²) in [6.07, 6.45) is 1.52. The van der Waals surface area contributed by atoms with Crippen LogP contribution in [0.4, 0.5) is 0 Å². The minimum absolute atomic E-state index is 0. The second-order valence-electron chi connectivity index (χ2n) is 7.38. The van der Waals surface area contributed by atoms with Gasteiger partial charge in [-0.05, 0) is 28.6 Å². The average molecular weight is 468 g/mol. The Morgan fingerprint density at radius 2 is 1.81 bits per heavy atom. The number of nitrogens with zero attached hydrogens (tertiary/aromatic N) is 7. The van der Waals surface area contributed by atoms with Crippen LogP contribution in [0.5, 0.6) is 0 Å². The van der Waals surface area contributed by atoms with Crippen LogP contribution in [0.3, 0.4) is 0 Å². The van der Waals surface area contributed by atoms with Gasteiger partial charge in [0.2, 0.25) is 0 Å². The molecule has 8 nitrogen and oxygen atoms in total. The van der Waals surface area contributed by atoms with Gasteiger partial charge in [-0.3, -0.25) is 9.69 Å². The highest BCUT2D eigenvalue weighted by Gasteiger charge is 2.23. The first-order valence-corrected chi connectivity index (χ1v) is 11.0. The lowest BCUT2D eigenvalue weighted by Gasteiger charge is -2.34. The van der Waals surface area contributed by atoms with E-state index in [9.17, 15) is 4.79 Å². The predicted octanol–water partition coefficient (Wildman–Crippen LogP) is 3.17. The van der Waals surface area contributed by atoms with Crippen LogP contribution in [0.15, 0.2) is 66.3 Å². The molecule has 0 unspecified atom stereocenters. The van der Waals surface area contributed by atoms with Gasteiger partial charge in [-0.15, -0.1) is 28.8 Å². The number of rotatable bonds is 5. The quantitative estimate of drug-likeness (QED) is 0.448. The Bertz CT molecular complexity index is 1160. The molecule has 0 bridgehead atoms. The van der Waals surface area contributed by atoms with Gasteiger partial charge in [-0.2, -0.15) is 0 Å².